The van der Waals surface area contributed by atoms with Crippen LogP contribution in [-0.4, -0.2) is 36.2 Å². The number of carbonyl (C=O) groups excluding carboxylic acids is 1. The van der Waals surface area contributed by atoms with Gasteiger partial charge >= 0.3 is 5.97 Å². The number of carbonyl (C=O) groups is 2. The molecule has 0 saturated carbocycles. The number of hydrogen-bond acceptors (Lipinski definition) is 3. The molecular formula is C16H19NO4. The molecule has 0 bridgehead atoms. The van der Waals surface area contributed by atoms with Gasteiger partial charge in [-0.05, 0) is 43.4 Å². The van der Waals surface area contributed by atoms with Crippen LogP contribution in [0.5, 0.6) is 0 Å². The Kier molecular flexibility index (Phi) is 3.92. The van der Waals surface area contributed by atoms with E-state index in [1.165, 1.54) is 0 Å². The van der Waals surface area contributed by atoms with Gasteiger partial charge in [-0.15, -0.1) is 0 Å². The number of ether oxygens (including phenoxy) is 1. The average Bonchev–Trinajstić information content (AvgIpc) is 3.06. The normalized spacial score (nSPS) is 20.9. The first-order valence-electron chi connectivity index (χ1n) is 7.43. The fraction of sp³-hybridized carbons (Fsp3) is 0.500. The molecule has 2 heterocycles. The Hall–Kier alpha value is -1.88. The zero-order chi connectivity index (χ0) is 14.8. The average molecular weight is 289 g/mol. The van der Waals surface area contributed by atoms with E-state index in [0.29, 0.717) is 19.1 Å². The second kappa shape index (κ2) is 5.85. The zero-order valence-electron chi connectivity index (χ0n) is 11.9. The van der Waals surface area contributed by atoms with Crippen LogP contribution in [-0.2, 0) is 16.0 Å². The molecule has 1 unspecified atom stereocenters. The van der Waals surface area contributed by atoms with Crippen molar-refractivity contribution in [2.75, 3.05) is 18.1 Å². The van der Waals surface area contributed by atoms with Gasteiger partial charge in [0.05, 0.1) is 18.1 Å². The van der Waals surface area contributed by atoms with Gasteiger partial charge in [0.2, 0.25) is 5.91 Å². The van der Waals surface area contributed by atoms with Crippen molar-refractivity contribution in [1.29, 1.82) is 0 Å². The van der Waals surface area contributed by atoms with Gasteiger partial charge < -0.3 is 14.7 Å². The topological polar surface area (TPSA) is 66.8 Å². The molecule has 2 aliphatic rings. The summed E-state index contributed by atoms with van der Waals surface area (Å²) in [6.45, 7) is 1.48. The quantitative estimate of drug-likeness (QED) is 0.902. The van der Waals surface area contributed by atoms with E-state index in [2.05, 4.69) is 0 Å². The summed E-state index contributed by atoms with van der Waals surface area (Å²) in [5.74, 6) is -0.906. The first-order chi connectivity index (χ1) is 10.1. The number of nitrogens with zero attached hydrogens (tertiary/aromatic N) is 1. The molecule has 3 rings (SSSR count). The van der Waals surface area contributed by atoms with Gasteiger partial charge in [0.15, 0.2) is 0 Å². The Labute approximate surface area is 123 Å². The summed E-state index contributed by atoms with van der Waals surface area (Å²) in [5, 5.41) is 9.07. The van der Waals surface area contributed by atoms with E-state index < -0.39 is 5.97 Å². The highest BCUT2D eigenvalue weighted by Gasteiger charge is 2.28. The summed E-state index contributed by atoms with van der Waals surface area (Å²) < 4.78 is 5.58. The number of carboxylic acid groups (broad SMARTS) is 1. The lowest BCUT2D eigenvalue weighted by molar-refractivity contribution is -0.117. The van der Waals surface area contributed by atoms with Crippen LogP contribution in [0.4, 0.5) is 5.69 Å². The zero-order valence-corrected chi connectivity index (χ0v) is 11.9. The maximum absolute atomic E-state index is 12.1. The van der Waals surface area contributed by atoms with Crippen molar-refractivity contribution in [3.8, 4) is 0 Å². The van der Waals surface area contributed by atoms with Crippen molar-refractivity contribution >= 4 is 17.6 Å². The molecule has 1 aromatic carbocycles. The highest BCUT2D eigenvalue weighted by atomic mass is 16.5. The smallest absolute Gasteiger partial charge is 0.335 e. The van der Waals surface area contributed by atoms with Gasteiger partial charge in [-0.2, -0.15) is 0 Å². The summed E-state index contributed by atoms with van der Waals surface area (Å²) in [6, 6.07) is 4.91. The van der Waals surface area contributed by atoms with Gasteiger partial charge in [0.1, 0.15) is 0 Å². The van der Waals surface area contributed by atoms with Gasteiger partial charge in [-0.1, -0.05) is 6.07 Å². The van der Waals surface area contributed by atoms with Crippen LogP contribution >= 0.6 is 0 Å². The number of hydrogen-bond donors (Lipinski definition) is 1. The molecule has 0 spiro atoms. The van der Waals surface area contributed by atoms with Crippen molar-refractivity contribution in [3.05, 3.63) is 29.3 Å². The standard InChI is InChI=1S/C16H19NO4/c18-15-10-11-5-6-12(16(19)20)9-14(11)17(15)7-1-3-13-4-2-8-21-13/h5-6,9,13H,1-4,7-8,10H2,(H,19,20). The molecule has 21 heavy (non-hydrogen) atoms. The van der Waals surface area contributed by atoms with Crippen molar-refractivity contribution in [2.24, 2.45) is 0 Å². The highest BCUT2D eigenvalue weighted by Crippen LogP contribution is 2.30. The van der Waals surface area contributed by atoms with Crippen LogP contribution in [0.1, 0.15) is 41.6 Å². The molecule has 5 heteroatoms. The molecule has 1 atom stereocenters. The monoisotopic (exact) mass is 289 g/mol. The fourth-order valence-electron chi connectivity index (χ4n) is 3.08. The summed E-state index contributed by atoms with van der Waals surface area (Å²) in [7, 11) is 0. The number of benzene rings is 1. The molecule has 112 valence electrons. The van der Waals surface area contributed by atoms with E-state index in [1.807, 2.05) is 0 Å². The van der Waals surface area contributed by atoms with Crippen molar-refractivity contribution in [2.45, 2.75) is 38.2 Å². The number of carboxylic acids is 1. The molecule has 2 aliphatic heterocycles. The van der Waals surface area contributed by atoms with Gasteiger partial charge in [-0.3, -0.25) is 4.79 Å². The lowest BCUT2D eigenvalue weighted by Gasteiger charge is -2.19. The number of amides is 1. The second-order valence-corrected chi connectivity index (χ2v) is 5.65. The predicted molar refractivity (Wildman–Crippen MR) is 77.7 cm³/mol. The minimum absolute atomic E-state index is 0.0554. The van der Waals surface area contributed by atoms with E-state index in [4.69, 9.17) is 9.84 Å². The lowest BCUT2D eigenvalue weighted by Crippen LogP contribution is -2.28. The SMILES string of the molecule is O=C(O)c1ccc2c(c1)N(CCCC1CCCO1)C(=O)C2. The highest BCUT2D eigenvalue weighted by molar-refractivity contribution is 6.03. The largest absolute Gasteiger partial charge is 0.478 e. The molecule has 0 aliphatic carbocycles. The first-order valence-corrected chi connectivity index (χ1v) is 7.43. The van der Waals surface area contributed by atoms with Crippen LogP contribution < -0.4 is 4.90 Å². The maximum Gasteiger partial charge on any atom is 0.335 e. The number of rotatable bonds is 5. The Bertz CT molecular complexity index is 563. The molecule has 0 aromatic heterocycles. The second-order valence-electron chi connectivity index (χ2n) is 5.65. The van der Waals surface area contributed by atoms with Crippen LogP contribution in [0.3, 0.4) is 0 Å². The Morgan fingerprint density at radius 1 is 1.43 bits per heavy atom. The van der Waals surface area contributed by atoms with E-state index in [1.54, 1.807) is 23.1 Å². The number of aromatic carboxylic acids is 1. The van der Waals surface area contributed by atoms with Crippen molar-refractivity contribution in [3.63, 3.8) is 0 Å². The Morgan fingerprint density at radius 2 is 2.29 bits per heavy atom. The van der Waals surface area contributed by atoms with E-state index in [9.17, 15) is 9.59 Å². The third-order valence-electron chi connectivity index (χ3n) is 4.20. The molecule has 5 nitrogen and oxygen atoms in total. The van der Waals surface area contributed by atoms with Gasteiger partial charge in [0.25, 0.3) is 0 Å². The third-order valence-corrected chi connectivity index (χ3v) is 4.20. The molecular weight excluding hydrogens is 270 g/mol. The summed E-state index contributed by atoms with van der Waals surface area (Å²) in [6.07, 6.45) is 4.76. The third kappa shape index (κ3) is 2.93. The van der Waals surface area contributed by atoms with Crippen LogP contribution in [0.25, 0.3) is 0 Å². The van der Waals surface area contributed by atoms with E-state index in [0.717, 1.165) is 43.5 Å². The van der Waals surface area contributed by atoms with E-state index in [-0.39, 0.29) is 11.5 Å². The molecule has 1 fully saturated rings. The fourth-order valence-corrected chi connectivity index (χ4v) is 3.08. The minimum atomic E-state index is -0.962. The molecule has 1 saturated heterocycles. The van der Waals surface area contributed by atoms with Crippen molar-refractivity contribution in [1.82, 2.24) is 0 Å². The number of fused-ring (bicyclic) bond motifs is 1. The minimum Gasteiger partial charge on any atom is -0.478 e. The molecule has 1 N–H and O–H groups in total. The summed E-state index contributed by atoms with van der Waals surface area (Å²) in [4.78, 5) is 24.9. The number of anilines is 1. The van der Waals surface area contributed by atoms with Crippen LogP contribution in [0, 0.1) is 0 Å². The molecule has 1 amide bonds. The van der Waals surface area contributed by atoms with Crippen LogP contribution in [0.15, 0.2) is 18.2 Å². The Balaban J connectivity index is 1.67. The lowest BCUT2D eigenvalue weighted by atomic mass is 10.1. The van der Waals surface area contributed by atoms with Gasteiger partial charge in [0, 0.05) is 18.8 Å². The maximum atomic E-state index is 12.1. The molecule has 1 aromatic rings. The Morgan fingerprint density at radius 3 is 3.00 bits per heavy atom. The van der Waals surface area contributed by atoms with Crippen LogP contribution in [0.2, 0.25) is 0 Å². The summed E-state index contributed by atoms with van der Waals surface area (Å²) >= 11 is 0. The van der Waals surface area contributed by atoms with E-state index >= 15 is 0 Å². The first kappa shape index (κ1) is 14.1. The van der Waals surface area contributed by atoms with Crippen molar-refractivity contribution < 1.29 is 19.4 Å². The van der Waals surface area contributed by atoms with Gasteiger partial charge in [-0.25, -0.2) is 4.79 Å². The molecule has 0 radical (unpaired) electrons. The summed E-state index contributed by atoms with van der Waals surface area (Å²) in [5.41, 5.74) is 1.90. The predicted octanol–water partition coefficient (Wildman–Crippen LogP) is 2.23.